The predicted octanol–water partition coefficient (Wildman–Crippen LogP) is 12.2. The van der Waals surface area contributed by atoms with Crippen molar-refractivity contribution in [3.63, 3.8) is 0 Å². The molecule has 0 spiro atoms. The lowest BCUT2D eigenvalue weighted by molar-refractivity contribution is 1.12. The van der Waals surface area contributed by atoms with Crippen molar-refractivity contribution >= 4 is 43.6 Å². The van der Waals surface area contributed by atoms with E-state index in [4.69, 9.17) is 9.97 Å². The second kappa shape index (κ2) is 12.4. The van der Waals surface area contributed by atoms with E-state index < -0.39 is 0 Å². The van der Waals surface area contributed by atoms with Gasteiger partial charge in [0.05, 0.1) is 50.4 Å². The lowest BCUT2D eigenvalue weighted by Gasteiger charge is -2.19. The van der Waals surface area contributed by atoms with Gasteiger partial charge >= 0.3 is 0 Å². The van der Waals surface area contributed by atoms with Crippen molar-refractivity contribution in [2.24, 2.45) is 0 Å². The summed E-state index contributed by atoms with van der Waals surface area (Å²) >= 11 is 0. The molecule has 0 unspecified atom stereocenters. The lowest BCUT2D eigenvalue weighted by Crippen LogP contribution is -2.05. The summed E-state index contributed by atoms with van der Waals surface area (Å²) in [5.41, 5.74) is 13.2. The molecule has 5 nitrogen and oxygen atoms in total. The van der Waals surface area contributed by atoms with Gasteiger partial charge in [-0.05, 0) is 68.4 Å². The van der Waals surface area contributed by atoms with E-state index in [1.54, 1.807) is 0 Å². The van der Waals surface area contributed by atoms with Crippen LogP contribution in [0.15, 0.2) is 164 Å². The fourth-order valence-corrected chi connectivity index (χ4v) is 7.99. The number of para-hydroxylation sites is 2. The number of aryl methyl sites for hydroxylation is 2. The highest BCUT2D eigenvalue weighted by atomic mass is 15.0. The number of aromatic nitrogens is 4. The first kappa shape index (κ1) is 31.4. The van der Waals surface area contributed by atoms with Gasteiger partial charge in [-0.25, -0.2) is 9.97 Å². The molecule has 3 aromatic heterocycles. The second-order valence-corrected chi connectivity index (χ2v) is 13.9. The molecule has 10 aromatic rings. The fraction of sp³-hybridized carbons (Fsp3) is 0.0408. The highest BCUT2D eigenvalue weighted by Gasteiger charge is 2.23. The second-order valence-electron chi connectivity index (χ2n) is 13.9. The molecule has 0 aliphatic rings. The Hall–Kier alpha value is -7.29. The molecular formula is C49H33N5. The van der Waals surface area contributed by atoms with Crippen molar-refractivity contribution in [2.75, 3.05) is 0 Å². The summed E-state index contributed by atoms with van der Waals surface area (Å²) in [6.45, 7) is 4.25. The number of nitrogens with zero attached hydrogens (tertiary/aromatic N) is 5. The molecule has 0 bridgehead atoms. The summed E-state index contributed by atoms with van der Waals surface area (Å²) in [5.74, 6) is 0.633. The van der Waals surface area contributed by atoms with Crippen LogP contribution >= 0.6 is 0 Å². The van der Waals surface area contributed by atoms with Gasteiger partial charge in [0, 0.05) is 38.2 Å². The van der Waals surface area contributed by atoms with E-state index in [9.17, 15) is 5.26 Å². The van der Waals surface area contributed by atoms with Crippen LogP contribution in [0.3, 0.4) is 0 Å². The van der Waals surface area contributed by atoms with Crippen LogP contribution in [0.4, 0.5) is 0 Å². The minimum absolute atomic E-state index is 0.565. The number of hydrogen-bond acceptors (Lipinski definition) is 3. The molecule has 0 aliphatic carbocycles. The van der Waals surface area contributed by atoms with Crippen molar-refractivity contribution in [1.82, 2.24) is 19.1 Å². The Morgan fingerprint density at radius 3 is 1.54 bits per heavy atom. The predicted molar refractivity (Wildman–Crippen MR) is 221 cm³/mol. The van der Waals surface area contributed by atoms with Gasteiger partial charge in [0.1, 0.15) is 6.07 Å². The Labute approximate surface area is 312 Å². The van der Waals surface area contributed by atoms with Gasteiger partial charge in [0.2, 0.25) is 0 Å². The molecule has 0 aliphatic heterocycles. The van der Waals surface area contributed by atoms with Gasteiger partial charge in [0.25, 0.3) is 0 Å². The van der Waals surface area contributed by atoms with Gasteiger partial charge < -0.3 is 9.13 Å². The van der Waals surface area contributed by atoms with Crippen LogP contribution in [0.5, 0.6) is 0 Å². The quantitative estimate of drug-likeness (QED) is 0.180. The van der Waals surface area contributed by atoms with Crippen LogP contribution in [0.25, 0.3) is 88.9 Å². The third-order valence-corrected chi connectivity index (χ3v) is 10.5. The summed E-state index contributed by atoms with van der Waals surface area (Å²) in [6, 6.07) is 59.4. The maximum atomic E-state index is 11.0. The standard InChI is InChI=1S/C49H33N5/c1-31-21-23-45-38(25-31)36-17-9-11-19-43(36)53(45)47-28-40(42-29-41(33-13-5-3-6-14-33)51-49(52-42)34-15-7-4-8-16-34)48(27-35(47)30-50)54-44-20-12-10-18-37(44)39-26-32(2)22-24-46(39)54/h3-29H,1-2H3. The maximum Gasteiger partial charge on any atom is 0.160 e. The smallest absolute Gasteiger partial charge is 0.160 e. The first-order valence-electron chi connectivity index (χ1n) is 18.1. The lowest BCUT2D eigenvalue weighted by atomic mass is 10.0. The highest BCUT2D eigenvalue weighted by Crippen LogP contribution is 2.41. The van der Waals surface area contributed by atoms with E-state index in [0.29, 0.717) is 11.4 Å². The topological polar surface area (TPSA) is 59.4 Å². The first-order chi connectivity index (χ1) is 26.6. The molecule has 54 heavy (non-hydrogen) atoms. The Balaban J connectivity index is 1.36. The molecule has 0 atom stereocenters. The van der Waals surface area contributed by atoms with Crippen molar-refractivity contribution in [3.05, 3.63) is 180 Å². The zero-order chi connectivity index (χ0) is 36.3. The van der Waals surface area contributed by atoms with E-state index in [0.717, 1.165) is 83.1 Å². The molecule has 3 heterocycles. The Morgan fingerprint density at radius 1 is 0.444 bits per heavy atom. The van der Waals surface area contributed by atoms with Crippen molar-refractivity contribution in [1.29, 1.82) is 5.26 Å². The Bertz CT molecular complexity index is 3070. The van der Waals surface area contributed by atoms with E-state index >= 15 is 0 Å². The fourth-order valence-electron chi connectivity index (χ4n) is 7.99. The molecule has 0 N–H and O–H groups in total. The molecule has 0 saturated heterocycles. The largest absolute Gasteiger partial charge is 0.309 e. The SMILES string of the molecule is Cc1ccc2c(c1)c1ccccc1n2-c1cc(-c2cc(-c3ccccc3)nc(-c3ccccc3)n2)c(-n2c3ccccc3c3cc(C)ccc32)cc1C#N. The van der Waals surface area contributed by atoms with E-state index in [1.165, 1.54) is 11.1 Å². The number of benzene rings is 7. The van der Waals surface area contributed by atoms with Crippen LogP contribution in [-0.4, -0.2) is 19.1 Å². The zero-order valence-corrected chi connectivity index (χ0v) is 29.8. The maximum absolute atomic E-state index is 11.0. The normalized spacial score (nSPS) is 11.5. The Kier molecular flexibility index (Phi) is 7.24. The minimum Gasteiger partial charge on any atom is -0.309 e. The van der Waals surface area contributed by atoms with Crippen molar-refractivity contribution in [3.8, 4) is 51.3 Å². The van der Waals surface area contributed by atoms with Crippen LogP contribution < -0.4 is 0 Å². The van der Waals surface area contributed by atoms with Crippen LogP contribution in [0, 0.1) is 25.2 Å². The highest BCUT2D eigenvalue weighted by molar-refractivity contribution is 6.11. The summed E-state index contributed by atoms with van der Waals surface area (Å²) in [7, 11) is 0. The van der Waals surface area contributed by atoms with Gasteiger partial charge in [0.15, 0.2) is 5.82 Å². The summed E-state index contributed by atoms with van der Waals surface area (Å²) < 4.78 is 4.54. The monoisotopic (exact) mass is 691 g/mol. The molecule has 7 aromatic carbocycles. The molecule has 0 saturated carbocycles. The number of hydrogen-bond donors (Lipinski definition) is 0. The zero-order valence-electron chi connectivity index (χ0n) is 29.8. The third-order valence-electron chi connectivity index (χ3n) is 10.5. The number of rotatable bonds is 5. The molecule has 5 heteroatoms. The third kappa shape index (κ3) is 5.00. The number of nitriles is 1. The first-order valence-corrected chi connectivity index (χ1v) is 18.1. The van der Waals surface area contributed by atoms with Gasteiger partial charge in [-0.2, -0.15) is 5.26 Å². The van der Waals surface area contributed by atoms with Crippen molar-refractivity contribution < 1.29 is 0 Å². The molecule has 10 rings (SSSR count). The molecular weight excluding hydrogens is 659 g/mol. The van der Waals surface area contributed by atoms with E-state index in [1.807, 2.05) is 48.5 Å². The van der Waals surface area contributed by atoms with Crippen LogP contribution in [0.2, 0.25) is 0 Å². The average molecular weight is 692 g/mol. The minimum atomic E-state index is 0.565. The van der Waals surface area contributed by atoms with Gasteiger partial charge in [-0.1, -0.05) is 120 Å². The Morgan fingerprint density at radius 2 is 0.944 bits per heavy atom. The molecule has 0 fully saturated rings. The van der Waals surface area contributed by atoms with E-state index in [2.05, 4.69) is 144 Å². The van der Waals surface area contributed by atoms with Crippen LogP contribution in [-0.2, 0) is 0 Å². The van der Waals surface area contributed by atoms with Gasteiger partial charge in [-0.15, -0.1) is 0 Å². The van der Waals surface area contributed by atoms with Crippen LogP contribution in [0.1, 0.15) is 16.7 Å². The van der Waals surface area contributed by atoms with E-state index in [-0.39, 0.29) is 0 Å². The van der Waals surface area contributed by atoms with Gasteiger partial charge in [-0.3, -0.25) is 0 Å². The summed E-state index contributed by atoms with van der Waals surface area (Å²) in [6.07, 6.45) is 0. The molecule has 0 amide bonds. The molecule has 254 valence electrons. The molecule has 0 radical (unpaired) electrons. The van der Waals surface area contributed by atoms with Crippen molar-refractivity contribution in [2.45, 2.75) is 13.8 Å². The average Bonchev–Trinajstić information content (AvgIpc) is 3.72. The number of fused-ring (bicyclic) bond motifs is 6. The summed E-state index contributed by atoms with van der Waals surface area (Å²) in [5, 5.41) is 15.6. The summed E-state index contributed by atoms with van der Waals surface area (Å²) in [4.78, 5) is 10.5.